The highest BCUT2D eigenvalue weighted by Gasteiger charge is 2.33. The third kappa shape index (κ3) is 6.79. The van der Waals surface area contributed by atoms with Gasteiger partial charge < -0.3 is 20.3 Å². The summed E-state index contributed by atoms with van der Waals surface area (Å²) in [6.07, 6.45) is 1.48. The number of carboxylic acid groups (broad SMARTS) is 1. The quantitative estimate of drug-likeness (QED) is 0.439. The first-order valence-electron chi connectivity index (χ1n) is 10.4. The fourth-order valence-corrected chi connectivity index (χ4v) is 3.12. The summed E-state index contributed by atoms with van der Waals surface area (Å²) < 4.78 is 19.3. The minimum Gasteiger partial charge on any atom is -0.481 e. The lowest BCUT2D eigenvalue weighted by Gasteiger charge is -2.26. The summed E-state index contributed by atoms with van der Waals surface area (Å²) in [6.45, 7) is 3.24. The van der Waals surface area contributed by atoms with Gasteiger partial charge in [-0.25, -0.2) is 9.18 Å². The van der Waals surface area contributed by atoms with Gasteiger partial charge in [0, 0.05) is 5.56 Å². The van der Waals surface area contributed by atoms with Crippen LogP contribution in [-0.4, -0.2) is 35.5 Å². The normalized spacial score (nSPS) is 13.8. The van der Waals surface area contributed by atoms with Crippen molar-refractivity contribution in [3.8, 4) is 11.1 Å². The number of aliphatic carboxylic acids is 1. The van der Waals surface area contributed by atoms with Crippen LogP contribution in [0.15, 0.2) is 48.5 Å². The summed E-state index contributed by atoms with van der Waals surface area (Å²) in [5.41, 5.74) is 0.574. The molecular formula is C24H30FNO5. The average Bonchev–Trinajstić information content (AvgIpc) is 2.77. The van der Waals surface area contributed by atoms with E-state index in [1.807, 2.05) is 6.92 Å². The van der Waals surface area contributed by atoms with Crippen molar-refractivity contribution < 1.29 is 28.9 Å². The standard InChI is InChI=1S/C24H30FNO5/c1-3-4-15-31-23(30)26-21(13-14-24(2,16-27)22(28)29)18-11-9-17(10-12-18)19-7-5-6-8-20(19)25/h5-12,21,27H,3-4,13-16H2,1-2H3,(H,26,30)(H,28,29). The Labute approximate surface area is 182 Å². The number of alkyl carbamates (subject to hydrolysis) is 1. The zero-order valence-corrected chi connectivity index (χ0v) is 17.9. The van der Waals surface area contributed by atoms with Crippen LogP contribution in [0.2, 0.25) is 0 Å². The molecule has 0 saturated carbocycles. The monoisotopic (exact) mass is 431 g/mol. The molecule has 0 aliphatic rings. The second-order valence-corrected chi connectivity index (χ2v) is 7.85. The Bertz CT molecular complexity index is 871. The molecule has 0 aliphatic carbocycles. The number of carbonyl (C=O) groups excluding carboxylic acids is 1. The number of amides is 1. The Balaban J connectivity index is 2.21. The summed E-state index contributed by atoms with van der Waals surface area (Å²) in [6, 6.07) is 13.0. The van der Waals surface area contributed by atoms with Crippen molar-refractivity contribution >= 4 is 12.1 Å². The van der Waals surface area contributed by atoms with E-state index in [1.54, 1.807) is 42.5 Å². The number of rotatable bonds is 11. The first-order valence-corrected chi connectivity index (χ1v) is 10.4. The molecule has 6 nitrogen and oxygen atoms in total. The Kier molecular flexibility index (Phi) is 9.00. The topological polar surface area (TPSA) is 95.9 Å². The van der Waals surface area contributed by atoms with Crippen LogP contribution in [0.5, 0.6) is 0 Å². The average molecular weight is 432 g/mol. The second kappa shape index (κ2) is 11.5. The summed E-state index contributed by atoms with van der Waals surface area (Å²) in [5.74, 6) is -1.43. The highest BCUT2D eigenvalue weighted by molar-refractivity contribution is 5.74. The summed E-state index contributed by atoms with van der Waals surface area (Å²) in [5, 5.41) is 21.7. The van der Waals surface area contributed by atoms with Crippen LogP contribution < -0.4 is 5.32 Å². The molecule has 1 amide bonds. The van der Waals surface area contributed by atoms with E-state index in [0.717, 1.165) is 18.4 Å². The minimum absolute atomic E-state index is 0.147. The highest BCUT2D eigenvalue weighted by atomic mass is 19.1. The van der Waals surface area contributed by atoms with Gasteiger partial charge in [0.2, 0.25) is 0 Å². The molecule has 0 bridgehead atoms. The van der Waals surface area contributed by atoms with E-state index in [2.05, 4.69) is 5.32 Å². The van der Waals surface area contributed by atoms with Crippen LogP contribution in [0.3, 0.4) is 0 Å². The van der Waals surface area contributed by atoms with Crippen LogP contribution >= 0.6 is 0 Å². The lowest BCUT2D eigenvalue weighted by molar-refractivity contribution is -0.150. The molecule has 0 spiro atoms. The highest BCUT2D eigenvalue weighted by Crippen LogP contribution is 2.30. The number of carbonyl (C=O) groups is 2. The number of unbranched alkanes of at least 4 members (excludes halogenated alkanes) is 1. The van der Waals surface area contributed by atoms with E-state index in [-0.39, 0.29) is 18.7 Å². The molecular weight excluding hydrogens is 401 g/mol. The Morgan fingerprint density at radius 3 is 2.42 bits per heavy atom. The lowest BCUT2D eigenvalue weighted by atomic mass is 9.84. The summed E-state index contributed by atoms with van der Waals surface area (Å²) >= 11 is 0. The van der Waals surface area contributed by atoms with E-state index >= 15 is 0 Å². The van der Waals surface area contributed by atoms with Crippen molar-refractivity contribution in [2.45, 2.75) is 45.6 Å². The second-order valence-electron chi connectivity index (χ2n) is 7.85. The maximum atomic E-state index is 14.1. The number of halogens is 1. The molecule has 2 atom stereocenters. The number of carboxylic acids is 1. The van der Waals surface area contributed by atoms with Crippen molar-refractivity contribution in [1.82, 2.24) is 5.32 Å². The molecule has 0 radical (unpaired) electrons. The first kappa shape index (κ1) is 24.3. The molecule has 2 aromatic carbocycles. The van der Waals surface area contributed by atoms with Gasteiger partial charge in [-0.1, -0.05) is 55.8 Å². The van der Waals surface area contributed by atoms with Crippen molar-refractivity contribution in [1.29, 1.82) is 0 Å². The van der Waals surface area contributed by atoms with E-state index < -0.39 is 30.1 Å². The van der Waals surface area contributed by atoms with E-state index in [0.29, 0.717) is 17.7 Å². The molecule has 0 fully saturated rings. The van der Waals surface area contributed by atoms with Gasteiger partial charge in [-0.3, -0.25) is 4.79 Å². The Morgan fingerprint density at radius 1 is 1.16 bits per heavy atom. The molecule has 168 valence electrons. The smallest absolute Gasteiger partial charge is 0.407 e. The van der Waals surface area contributed by atoms with Crippen molar-refractivity contribution in [3.63, 3.8) is 0 Å². The molecule has 31 heavy (non-hydrogen) atoms. The third-order valence-corrected chi connectivity index (χ3v) is 5.37. The first-order chi connectivity index (χ1) is 14.8. The molecule has 0 saturated heterocycles. The minimum atomic E-state index is -1.32. The van der Waals surface area contributed by atoms with Gasteiger partial charge >= 0.3 is 12.1 Å². The Morgan fingerprint density at radius 2 is 1.84 bits per heavy atom. The van der Waals surface area contributed by atoms with Crippen molar-refractivity contribution in [2.24, 2.45) is 5.41 Å². The maximum absolute atomic E-state index is 14.1. The number of nitrogens with one attached hydrogen (secondary N) is 1. The third-order valence-electron chi connectivity index (χ3n) is 5.37. The van der Waals surface area contributed by atoms with Gasteiger partial charge in [-0.2, -0.15) is 0 Å². The van der Waals surface area contributed by atoms with E-state index in [9.17, 15) is 24.2 Å². The molecule has 2 unspecified atom stereocenters. The van der Waals surface area contributed by atoms with Crippen LogP contribution in [0.1, 0.15) is 51.1 Å². The summed E-state index contributed by atoms with van der Waals surface area (Å²) in [7, 11) is 0. The van der Waals surface area contributed by atoms with Crippen molar-refractivity contribution in [3.05, 3.63) is 59.9 Å². The van der Waals surface area contributed by atoms with E-state index in [1.165, 1.54) is 13.0 Å². The molecule has 0 aromatic heterocycles. The van der Waals surface area contributed by atoms with Crippen LogP contribution in [0.4, 0.5) is 9.18 Å². The predicted octanol–water partition coefficient (Wildman–Crippen LogP) is 4.92. The zero-order valence-electron chi connectivity index (χ0n) is 17.9. The number of hydrogen-bond acceptors (Lipinski definition) is 4. The number of aliphatic hydroxyl groups excluding tert-OH is 1. The summed E-state index contributed by atoms with van der Waals surface area (Å²) in [4.78, 5) is 23.7. The largest absolute Gasteiger partial charge is 0.481 e. The van der Waals surface area contributed by atoms with Gasteiger partial charge in [0.15, 0.2) is 0 Å². The maximum Gasteiger partial charge on any atom is 0.407 e. The molecule has 0 aliphatic heterocycles. The Hall–Kier alpha value is -2.93. The van der Waals surface area contributed by atoms with Crippen LogP contribution in [0, 0.1) is 11.2 Å². The number of benzene rings is 2. The lowest BCUT2D eigenvalue weighted by Crippen LogP contribution is -2.35. The number of aliphatic hydroxyl groups is 1. The van der Waals surface area contributed by atoms with Gasteiger partial charge in [-0.15, -0.1) is 0 Å². The molecule has 2 rings (SSSR count). The van der Waals surface area contributed by atoms with Crippen LogP contribution in [-0.2, 0) is 9.53 Å². The molecule has 7 heteroatoms. The van der Waals surface area contributed by atoms with Gasteiger partial charge in [-0.05, 0) is 43.4 Å². The van der Waals surface area contributed by atoms with Gasteiger partial charge in [0.25, 0.3) is 0 Å². The molecule has 0 heterocycles. The number of ether oxygens (including phenoxy) is 1. The van der Waals surface area contributed by atoms with Crippen LogP contribution in [0.25, 0.3) is 11.1 Å². The fraction of sp³-hybridized carbons (Fsp3) is 0.417. The SMILES string of the molecule is CCCCOC(=O)NC(CCC(C)(CO)C(=O)O)c1ccc(-c2ccccc2F)cc1. The van der Waals surface area contributed by atoms with Gasteiger partial charge in [0.05, 0.1) is 24.7 Å². The molecule has 2 aromatic rings. The number of hydrogen-bond donors (Lipinski definition) is 3. The van der Waals surface area contributed by atoms with Gasteiger partial charge in [0.1, 0.15) is 5.82 Å². The van der Waals surface area contributed by atoms with Crippen molar-refractivity contribution in [2.75, 3.05) is 13.2 Å². The zero-order chi connectivity index (χ0) is 22.9. The predicted molar refractivity (Wildman–Crippen MR) is 116 cm³/mol. The molecule has 3 N–H and O–H groups in total. The fourth-order valence-electron chi connectivity index (χ4n) is 3.12. The van der Waals surface area contributed by atoms with E-state index in [4.69, 9.17) is 4.74 Å².